The summed E-state index contributed by atoms with van der Waals surface area (Å²) in [5, 5.41) is 3.41. The summed E-state index contributed by atoms with van der Waals surface area (Å²) < 4.78 is 19.1. The topological polar surface area (TPSA) is 21.3 Å². The average Bonchev–Trinajstić information content (AvgIpc) is 3.11. The lowest BCUT2D eigenvalue weighted by molar-refractivity contribution is 0.197. The van der Waals surface area contributed by atoms with Gasteiger partial charge in [-0.15, -0.1) is 0 Å². The van der Waals surface area contributed by atoms with Gasteiger partial charge in [-0.25, -0.2) is 4.39 Å². The normalized spacial score (nSPS) is 16.8. The van der Waals surface area contributed by atoms with Crippen LogP contribution in [-0.2, 0) is 11.2 Å². The summed E-state index contributed by atoms with van der Waals surface area (Å²) in [6.07, 6.45) is 3.37. The standard InChI is InChI=1S/C14H19BrFNO/c1-18-8-7-17-10-14(5-6-14)9-11-3-2-4-12(16)13(11)15/h2-4,17H,5-10H2,1H3. The van der Waals surface area contributed by atoms with Crippen molar-refractivity contribution in [3.8, 4) is 0 Å². The molecule has 0 saturated heterocycles. The Labute approximate surface area is 116 Å². The first-order valence-electron chi connectivity index (χ1n) is 6.29. The molecule has 1 N–H and O–H groups in total. The van der Waals surface area contributed by atoms with Gasteiger partial charge in [-0.05, 0) is 52.2 Å². The Morgan fingerprint density at radius 3 is 2.89 bits per heavy atom. The number of hydrogen-bond donors (Lipinski definition) is 1. The summed E-state index contributed by atoms with van der Waals surface area (Å²) in [4.78, 5) is 0. The van der Waals surface area contributed by atoms with Crippen LogP contribution in [0.25, 0.3) is 0 Å². The predicted octanol–water partition coefficient (Wildman–Crippen LogP) is 3.15. The molecular weight excluding hydrogens is 297 g/mol. The van der Waals surface area contributed by atoms with E-state index in [2.05, 4.69) is 21.2 Å². The second-order valence-corrected chi connectivity index (χ2v) is 5.85. The van der Waals surface area contributed by atoms with Gasteiger partial charge >= 0.3 is 0 Å². The molecule has 1 aliphatic rings. The zero-order valence-electron chi connectivity index (χ0n) is 10.6. The summed E-state index contributed by atoms with van der Waals surface area (Å²) in [6.45, 7) is 2.60. The van der Waals surface area contributed by atoms with Crippen LogP contribution in [0.2, 0.25) is 0 Å². The molecule has 0 radical (unpaired) electrons. The molecule has 2 nitrogen and oxygen atoms in total. The first kappa shape index (κ1) is 14.0. The summed E-state index contributed by atoms with van der Waals surface area (Å²) in [6, 6.07) is 5.27. The highest BCUT2D eigenvalue weighted by Crippen LogP contribution is 2.48. The van der Waals surface area contributed by atoms with Crippen molar-refractivity contribution in [2.24, 2.45) is 5.41 Å². The van der Waals surface area contributed by atoms with Crippen LogP contribution < -0.4 is 5.32 Å². The lowest BCUT2D eigenvalue weighted by Gasteiger charge is -2.17. The molecule has 1 saturated carbocycles. The Hall–Kier alpha value is -0.450. The van der Waals surface area contributed by atoms with E-state index in [0.29, 0.717) is 9.89 Å². The molecule has 100 valence electrons. The fraction of sp³-hybridized carbons (Fsp3) is 0.571. The highest BCUT2D eigenvalue weighted by atomic mass is 79.9. The molecule has 0 spiro atoms. The first-order valence-corrected chi connectivity index (χ1v) is 7.09. The minimum Gasteiger partial charge on any atom is -0.383 e. The fourth-order valence-electron chi connectivity index (χ4n) is 2.21. The van der Waals surface area contributed by atoms with Gasteiger partial charge in [0.05, 0.1) is 11.1 Å². The Bertz CT molecular complexity index is 407. The van der Waals surface area contributed by atoms with Crippen LogP contribution in [0.15, 0.2) is 22.7 Å². The molecule has 0 aliphatic heterocycles. The Balaban J connectivity index is 1.90. The van der Waals surface area contributed by atoms with Gasteiger partial charge in [-0.2, -0.15) is 0 Å². The molecule has 1 aromatic carbocycles. The molecule has 1 aromatic rings. The summed E-state index contributed by atoms with van der Waals surface area (Å²) in [5.41, 5.74) is 1.39. The lowest BCUT2D eigenvalue weighted by Crippen LogP contribution is -2.28. The van der Waals surface area contributed by atoms with Gasteiger partial charge in [-0.1, -0.05) is 12.1 Å². The maximum Gasteiger partial charge on any atom is 0.137 e. The van der Waals surface area contributed by atoms with Crippen molar-refractivity contribution in [1.82, 2.24) is 5.32 Å². The van der Waals surface area contributed by atoms with Crippen LogP contribution in [0.3, 0.4) is 0 Å². The van der Waals surface area contributed by atoms with Gasteiger partial charge < -0.3 is 10.1 Å². The van der Waals surface area contributed by atoms with E-state index >= 15 is 0 Å². The number of methoxy groups -OCH3 is 1. The van der Waals surface area contributed by atoms with E-state index in [9.17, 15) is 4.39 Å². The number of ether oxygens (including phenoxy) is 1. The van der Waals surface area contributed by atoms with Crippen molar-refractivity contribution in [2.75, 3.05) is 26.8 Å². The van der Waals surface area contributed by atoms with Gasteiger partial charge in [0.2, 0.25) is 0 Å². The van der Waals surface area contributed by atoms with Gasteiger partial charge in [0.25, 0.3) is 0 Å². The Morgan fingerprint density at radius 2 is 2.22 bits per heavy atom. The lowest BCUT2D eigenvalue weighted by atomic mass is 9.96. The van der Waals surface area contributed by atoms with Crippen LogP contribution in [0.5, 0.6) is 0 Å². The third kappa shape index (κ3) is 3.53. The van der Waals surface area contributed by atoms with Crippen molar-refractivity contribution < 1.29 is 9.13 Å². The van der Waals surface area contributed by atoms with Crippen molar-refractivity contribution in [2.45, 2.75) is 19.3 Å². The molecule has 4 heteroatoms. The minimum absolute atomic E-state index is 0.171. The van der Waals surface area contributed by atoms with Gasteiger partial charge in [0.15, 0.2) is 0 Å². The molecule has 0 heterocycles. The molecule has 0 unspecified atom stereocenters. The van der Waals surface area contributed by atoms with Crippen LogP contribution in [0.4, 0.5) is 4.39 Å². The number of halogens is 2. The molecule has 2 rings (SSSR count). The Morgan fingerprint density at radius 1 is 1.44 bits per heavy atom. The zero-order valence-corrected chi connectivity index (χ0v) is 12.2. The maximum atomic E-state index is 13.4. The van der Waals surface area contributed by atoms with Crippen LogP contribution in [0.1, 0.15) is 18.4 Å². The molecule has 0 atom stereocenters. The summed E-state index contributed by atoms with van der Waals surface area (Å²) in [7, 11) is 1.71. The zero-order chi connectivity index (χ0) is 13.0. The largest absolute Gasteiger partial charge is 0.383 e. The number of rotatable bonds is 7. The van der Waals surface area contributed by atoms with E-state index in [4.69, 9.17) is 4.74 Å². The molecule has 1 aliphatic carbocycles. The quantitative estimate of drug-likeness (QED) is 0.780. The molecule has 18 heavy (non-hydrogen) atoms. The minimum atomic E-state index is -0.171. The van der Waals surface area contributed by atoms with Crippen molar-refractivity contribution in [1.29, 1.82) is 0 Å². The van der Waals surface area contributed by atoms with Crippen LogP contribution in [0, 0.1) is 11.2 Å². The second-order valence-electron chi connectivity index (χ2n) is 5.06. The first-order chi connectivity index (χ1) is 8.67. The third-order valence-electron chi connectivity index (χ3n) is 3.54. The van der Waals surface area contributed by atoms with E-state index in [-0.39, 0.29) is 5.82 Å². The SMILES string of the molecule is COCCNCC1(Cc2cccc(F)c2Br)CC1. The number of benzene rings is 1. The van der Waals surface area contributed by atoms with Crippen molar-refractivity contribution in [3.63, 3.8) is 0 Å². The monoisotopic (exact) mass is 315 g/mol. The van der Waals surface area contributed by atoms with Crippen molar-refractivity contribution >= 4 is 15.9 Å². The van der Waals surface area contributed by atoms with Gasteiger partial charge in [0, 0.05) is 20.2 Å². The summed E-state index contributed by atoms with van der Waals surface area (Å²) in [5.74, 6) is -0.171. The Kier molecular flexibility index (Phi) is 4.76. The number of hydrogen-bond acceptors (Lipinski definition) is 2. The van der Waals surface area contributed by atoms with E-state index in [1.54, 1.807) is 13.2 Å². The molecule has 1 fully saturated rings. The fourth-order valence-corrected chi connectivity index (χ4v) is 2.61. The predicted molar refractivity (Wildman–Crippen MR) is 74.2 cm³/mol. The average molecular weight is 316 g/mol. The molecule has 0 amide bonds. The van der Waals surface area contributed by atoms with E-state index in [1.807, 2.05) is 6.07 Å². The highest BCUT2D eigenvalue weighted by Gasteiger charge is 2.42. The van der Waals surface area contributed by atoms with Crippen LogP contribution >= 0.6 is 15.9 Å². The smallest absolute Gasteiger partial charge is 0.137 e. The molecular formula is C14H19BrFNO. The number of nitrogens with one attached hydrogen (secondary N) is 1. The van der Waals surface area contributed by atoms with Gasteiger partial charge in [-0.3, -0.25) is 0 Å². The van der Waals surface area contributed by atoms with Crippen molar-refractivity contribution in [3.05, 3.63) is 34.1 Å². The maximum absolute atomic E-state index is 13.4. The van der Waals surface area contributed by atoms with Gasteiger partial charge in [0.1, 0.15) is 5.82 Å². The van der Waals surface area contributed by atoms with E-state index in [0.717, 1.165) is 31.7 Å². The summed E-state index contributed by atoms with van der Waals surface area (Å²) >= 11 is 3.34. The van der Waals surface area contributed by atoms with E-state index in [1.165, 1.54) is 18.9 Å². The van der Waals surface area contributed by atoms with Crippen LogP contribution in [-0.4, -0.2) is 26.8 Å². The molecule has 0 bridgehead atoms. The third-order valence-corrected chi connectivity index (χ3v) is 4.43. The highest BCUT2D eigenvalue weighted by molar-refractivity contribution is 9.10. The molecule has 0 aromatic heterocycles. The second kappa shape index (κ2) is 6.13. The van der Waals surface area contributed by atoms with E-state index < -0.39 is 0 Å².